The SMILES string of the molecule is Cc1nn(Cc2ccccc2)c(Cl)c1CN1CCN(c2cc(C#N)ccn2)CC1. The monoisotopic (exact) mass is 406 g/mol. The second kappa shape index (κ2) is 8.64. The molecule has 0 unspecified atom stereocenters. The van der Waals surface area contributed by atoms with Crippen molar-refractivity contribution in [1.82, 2.24) is 19.7 Å². The predicted molar refractivity (Wildman–Crippen MR) is 114 cm³/mol. The number of nitrogens with zero attached hydrogens (tertiary/aromatic N) is 6. The molecule has 3 aromatic rings. The molecule has 0 spiro atoms. The van der Waals surface area contributed by atoms with Gasteiger partial charge < -0.3 is 4.90 Å². The number of hydrogen-bond acceptors (Lipinski definition) is 5. The van der Waals surface area contributed by atoms with Gasteiger partial charge in [-0.1, -0.05) is 41.9 Å². The Morgan fingerprint density at radius 1 is 1.07 bits per heavy atom. The fraction of sp³-hybridized carbons (Fsp3) is 0.318. The number of hydrogen-bond donors (Lipinski definition) is 0. The van der Waals surface area contributed by atoms with E-state index in [1.165, 1.54) is 5.56 Å². The third kappa shape index (κ3) is 4.42. The van der Waals surface area contributed by atoms with Crippen LogP contribution < -0.4 is 4.90 Å². The number of piperazine rings is 1. The zero-order valence-electron chi connectivity index (χ0n) is 16.4. The predicted octanol–water partition coefficient (Wildman–Crippen LogP) is 3.48. The van der Waals surface area contributed by atoms with E-state index >= 15 is 0 Å². The molecule has 1 fully saturated rings. The van der Waals surface area contributed by atoms with Crippen molar-refractivity contribution in [3.63, 3.8) is 0 Å². The minimum absolute atomic E-state index is 0.644. The number of nitriles is 1. The smallest absolute Gasteiger partial charge is 0.132 e. The molecule has 148 valence electrons. The van der Waals surface area contributed by atoms with Gasteiger partial charge in [-0.25, -0.2) is 9.67 Å². The molecule has 6 nitrogen and oxygen atoms in total. The van der Waals surface area contributed by atoms with Crippen LogP contribution in [-0.2, 0) is 13.1 Å². The van der Waals surface area contributed by atoms with Crippen LogP contribution in [0.4, 0.5) is 5.82 Å². The van der Waals surface area contributed by atoms with Gasteiger partial charge in [0, 0.05) is 44.5 Å². The molecule has 1 aromatic carbocycles. The Morgan fingerprint density at radius 2 is 1.83 bits per heavy atom. The van der Waals surface area contributed by atoms with Crippen molar-refractivity contribution >= 4 is 17.4 Å². The average molecular weight is 407 g/mol. The molecular formula is C22H23ClN6. The lowest BCUT2D eigenvalue weighted by molar-refractivity contribution is 0.249. The van der Waals surface area contributed by atoms with E-state index in [4.69, 9.17) is 16.9 Å². The van der Waals surface area contributed by atoms with Crippen molar-refractivity contribution in [3.8, 4) is 6.07 Å². The Bertz CT molecular complexity index is 1020. The molecule has 4 rings (SSSR count). The molecule has 7 heteroatoms. The van der Waals surface area contributed by atoms with Gasteiger partial charge in [-0.2, -0.15) is 10.4 Å². The van der Waals surface area contributed by atoms with E-state index in [-0.39, 0.29) is 0 Å². The molecule has 0 atom stereocenters. The first-order chi connectivity index (χ1) is 14.1. The molecule has 29 heavy (non-hydrogen) atoms. The fourth-order valence-electron chi connectivity index (χ4n) is 3.65. The van der Waals surface area contributed by atoms with Gasteiger partial charge in [0.1, 0.15) is 11.0 Å². The van der Waals surface area contributed by atoms with Crippen LogP contribution in [0.15, 0.2) is 48.7 Å². The van der Waals surface area contributed by atoms with Gasteiger partial charge >= 0.3 is 0 Å². The van der Waals surface area contributed by atoms with Crippen LogP contribution in [0.5, 0.6) is 0 Å². The molecule has 0 aliphatic carbocycles. The van der Waals surface area contributed by atoms with Crippen LogP contribution in [0.25, 0.3) is 0 Å². The standard InChI is InChI=1S/C22H23ClN6/c1-17-20(22(23)29(26-17)15-18-5-3-2-4-6-18)16-27-9-11-28(12-10-27)21-13-19(14-24)7-8-25-21/h2-8,13H,9-12,15-16H2,1H3. The molecule has 0 bridgehead atoms. The van der Waals surface area contributed by atoms with Crippen LogP contribution in [0.3, 0.4) is 0 Å². The van der Waals surface area contributed by atoms with E-state index in [9.17, 15) is 0 Å². The van der Waals surface area contributed by atoms with E-state index < -0.39 is 0 Å². The topological polar surface area (TPSA) is 61.0 Å². The Kier molecular flexibility index (Phi) is 5.79. The lowest BCUT2D eigenvalue weighted by Gasteiger charge is -2.35. The minimum atomic E-state index is 0.644. The van der Waals surface area contributed by atoms with Crippen LogP contribution in [-0.4, -0.2) is 45.8 Å². The molecule has 2 aromatic heterocycles. The first-order valence-electron chi connectivity index (χ1n) is 9.73. The summed E-state index contributed by atoms with van der Waals surface area (Å²) in [5, 5.41) is 14.5. The number of aromatic nitrogens is 3. The van der Waals surface area contributed by atoms with E-state index in [2.05, 4.69) is 38.1 Å². The summed E-state index contributed by atoms with van der Waals surface area (Å²) in [6, 6.07) is 16.0. The van der Waals surface area contributed by atoms with Gasteiger partial charge in [-0.05, 0) is 24.6 Å². The van der Waals surface area contributed by atoms with Crippen LogP contribution in [0.2, 0.25) is 5.15 Å². The average Bonchev–Trinajstić information content (AvgIpc) is 3.02. The number of rotatable bonds is 5. The van der Waals surface area contributed by atoms with Gasteiger partial charge in [-0.3, -0.25) is 4.90 Å². The summed E-state index contributed by atoms with van der Waals surface area (Å²) in [5.74, 6) is 0.869. The number of anilines is 1. The van der Waals surface area contributed by atoms with Gasteiger partial charge in [0.2, 0.25) is 0 Å². The summed E-state index contributed by atoms with van der Waals surface area (Å²) in [6.07, 6.45) is 1.70. The molecule has 0 amide bonds. The summed E-state index contributed by atoms with van der Waals surface area (Å²) in [5.41, 5.74) is 3.91. The van der Waals surface area contributed by atoms with Crippen LogP contribution in [0, 0.1) is 18.3 Å². The zero-order valence-corrected chi connectivity index (χ0v) is 17.2. The molecule has 0 radical (unpaired) electrons. The van der Waals surface area contributed by atoms with Crippen LogP contribution >= 0.6 is 11.6 Å². The summed E-state index contributed by atoms with van der Waals surface area (Å²) in [7, 11) is 0. The van der Waals surface area contributed by atoms with E-state index in [0.29, 0.717) is 12.1 Å². The highest BCUT2D eigenvalue weighted by atomic mass is 35.5. The first kappa shape index (κ1) is 19.4. The highest BCUT2D eigenvalue weighted by Gasteiger charge is 2.22. The number of benzene rings is 1. The molecule has 1 aliphatic heterocycles. The number of aryl methyl sites for hydroxylation is 1. The van der Waals surface area contributed by atoms with Gasteiger partial charge in [0.15, 0.2) is 0 Å². The minimum Gasteiger partial charge on any atom is -0.354 e. The largest absolute Gasteiger partial charge is 0.354 e. The van der Waals surface area contributed by atoms with Crippen molar-refractivity contribution < 1.29 is 0 Å². The highest BCUT2D eigenvalue weighted by molar-refractivity contribution is 6.30. The molecule has 0 N–H and O–H groups in total. The van der Waals surface area contributed by atoms with E-state index in [1.807, 2.05) is 35.9 Å². The van der Waals surface area contributed by atoms with Crippen LogP contribution in [0.1, 0.15) is 22.4 Å². The summed E-state index contributed by atoms with van der Waals surface area (Å²) in [6.45, 7) is 7.06. The maximum atomic E-state index is 9.09. The van der Waals surface area contributed by atoms with Crippen molar-refractivity contribution in [3.05, 3.63) is 76.2 Å². The fourth-order valence-corrected chi connectivity index (χ4v) is 3.94. The molecule has 1 saturated heterocycles. The Labute approximate surface area is 176 Å². The molecular weight excluding hydrogens is 384 g/mol. The second-order valence-corrected chi connectivity index (χ2v) is 7.63. The maximum Gasteiger partial charge on any atom is 0.132 e. The lowest BCUT2D eigenvalue weighted by atomic mass is 10.2. The summed E-state index contributed by atoms with van der Waals surface area (Å²) < 4.78 is 1.88. The van der Waals surface area contributed by atoms with E-state index in [1.54, 1.807) is 12.3 Å². The number of pyridine rings is 1. The summed E-state index contributed by atoms with van der Waals surface area (Å²) >= 11 is 6.68. The molecule has 3 heterocycles. The molecule has 1 aliphatic rings. The Hall–Kier alpha value is -2.88. The van der Waals surface area contributed by atoms with Crippen molar-refractivity contribution in [1.29, 1.82) is 5.26 Å². The molecule has 0 saturated carbocycles. The van der Waals surface area contributed by atoms with Gasteiger partial charge in [0.05, 0.1) is 23.9 Å². The number of halogens is 1. The third-order valence-corrected chi connectivity index (χ3v) is 5.73. The Morgan fingerprint density at radius 3 is 2.55 bits per heavy atom. The van der Waals surface area contributed by atoms with Crippen molar-refractivity contribution in [2.24, 2.45) is 0 Å². The first-order valence-corrected chi connectivity index (χ1v) is 10.1. The second-order valence-electron chi connectivity index (χ2n) is 7.28. The van der Waals surface area contributed by atoms with E-state index in [0.717, 1.165) is 55.0 Å². The van der Waals surface area contributed by atoms with Gasteiger partial charge in [-0.15, -0.1) is 0 Å². The summed E-state index contributed by atoms with van der Waals surface area (Å²) in [4.78, 5) is 9.04. The van der Waals surface area contributed by atoms with Crippen molar-refractivity contribution in [2.75, 3.05) is 31.1 Å². The normalized spacial score (nSPS) is 14.7. The Balaban J connectivity index is 1.40. The quantitative estimate of drug-likeness (QED) is 0.649. The third-order valence-electron chi connectivity index (χ3n) is 5.31. The maximum absolute atomic E-state index is 9.09. The highest BCUT2D eigenvalue weighted by Crippen LogP contribution is 2.24. The lowest BCUT2D eigenvalue weighted by Crippen LogP contribution is -2.46. The zero-order chi connectivity index (χ0) is 20.2. The van der Waals surface area contributed by atoms with Gasteiger partial charge in [0.25, 0.3) is 0 Å². The van der Waals surface area contributed by atoms with Crippen molar-refractivity contribution in [2.45, 2.75) is 20.0 Å².